The summed E-state index contributed by atoms with van der Waals surface area (Å²) >= 11 is 13.2. The quantitative estimate of drug-likeness (QED) is 0.824. The van der Waals surface area contributed by atoms with Crippen molar-refractivity contribution in [3.63, 3.8) is 0 Å². The van der Waals surface area contributed by atoms with Gasteiger partial charge in [0.1, 0.15) is 0 Å². The summed E-state index contributed by atoms with van der Waals surface area (Å²) in [6.45, 7) is 3.04. The van der Waals surface area contributed by atoms with Crippen LogP contribution in [0.1, 0.15) is 9.67 Å². The lowest BCUT2D eigenvalue weighted by atomic mass is 10.2. The van der Waals surface area contributed by atoms with Gasteiger partial charge in [0.15, 0.2) is 0 Å². The van der Waals surface area contributed by atoms with E-state index in [2.05, 4.69) is 4.90 Å². The predicted octanol–water partition coefficient (Wildman–Crippen LogP) is 4.02. The van der Waals surface area contributed by atoms with E-state index in [1.165, 1.54) is 11.3 Å². The number of hydrogen-bond donors (Lipinski definition) is 0. The summed E-state index contributed by atoms with van der Waals surface area (Å²) in [4.78, 5) is 17.2. The third-order valence-corrected chi connectivity index (χ3v) is 4.98. The lowest BCUT2D eigenvalue weighted by Gasteiger charge is -2.36. The standard InChI is InChI=1S/C15H14Cl2N2OS/c16-11-2-1-3-12(10-11)18-6-8-19(9-7-18)15(20)13-4-5-14(17)21-13/h1-5,10H,6-9H2. The zero-order chi connectivity index (χ0) is 14.8. The fraction of sp³-hybridized carbons (Fsp3) is 0.267. The van der Waals surface area contributed by atoms with E-state index in [1.54, 1.807) is 12.1 Å². The molecule has 1 aromatic heterocycles. The molecule has 0 unspecified atom stereocenters. The number of nitrogens with zero attached hydrogens (tertiary/aromatic N) is 2. The van der Waals surface area contributed by atoms with Gasteiger partial charge in [-0.3, -0.25) is 4.79 Å². The van der Waals surface area contributed by atoms with E-state index in [0.717, 1.165) is 23.8 Å². The molecule has 0 N–H and O–H groups in total. The Bertz CT molecular complexity index is 651. The molecule has 2 heterocycles. The molecule has 0 aliphatic carbocycles. The number of thiophene rings is 1. The lowest BCUT2D eigenvalue weighted by Crippen LogP contribution is -2.48. The summed E-state index contributed by atoms with van der Waals surface area (Å²) < 4.78 is 0.649. The summed E-state index contributed by atoms with van der Waals surface area (Å²) in [5.41, 5.74) is 1.11. The van der Waals surface area contributed by atoms with Gasteiger partial charge >= 0.3 is 0 Å². The van der Waals surface area contributed by atoms with E-state index in [-0.39, 0.29) is 5.91 Å². The van der Waals surface area contributed by atoms with Crippen LogP contribution in [0.5, 0.6) is 0 Å². The van der Waals surface area contributed by atoms with E-state index in [0.29, 0.717) is 22.3 Å². The summed E-state index contributed by atoms with van der Waals surface area (Å²) in [5, 5.41) is 0.735. The van der Waals surface area contributed by atoms with Crippen LogP contribution in [0.15, 0.2) is 36.4 Å². The first-order valence-corrected chi connectivity index (χ1v) is 8.26. The van der Waals surface area contributed by atoms with Crippen LogP contribution in [0.4, 0.5) is 5.69 Å². The third kappa shape index (κ3) is 3.34. The maximum Gasteiger partial charge on any atom is 0.264 e. The Morgan fingerprint density at radius 1 is 1.05 bits per heavy atom. The minimum atomic E-state index is 0.0673. The zero-order valence-electron chi connectivity index (χ0n) is 11.3. The molecule has 1 aliphatic heterocycles. The smallest absolute Gasteiger partial charge is 0.264 e. The van der Waals surface area contributed by atoms with Gasteiger partial charge in [-0.25, -0.2) is 0 Å². The lowest BCUT2D eigenvalue weighted by molar-refractivity contribution is 0.0751. The molecule has 1 fully saturated rings. The van der Waals surface area contributed by atoms with Crippen molar-refractivity contribution in [3.8, 4) is 0 Å². The van der Waals surface area contributed by atoms with Crippen molar-refractivity contribution in [2.75, 3.05) is 31.1 Å². The molecular weight excluding hydrogens is 327 g/mol. The molecular formula is C15H14Cl2N2OS. The van der Waals surface area contributed by atoms with Gasteiger partial charge in [-0.15, -0.1) is 11.3 Å². The molecule has 6 heteroatoms. The number of anilines is 1. The second-order valence-electron chi connectivity index (χ2n) is 4.86. The SMILES string of the molecule is O=C(c1ccc(Cl)s1)N1CCN(c2cccc(Cl)c2)CC1. The topological polar surface area (TPSA) is 23.6 Å². The van der Waals surface area contributed by atoms with Crippen molar-refractivity contribution in [3.05, 3.63) is 50.6 Å². The Balaban J connectivity index is 1.64. The molecule has 1 saturated heterocycles. The number of rotatable bonds is 2. The van der Waals surface area contributed by atoms with Crippen molar-refractivity contribution in [1.82, 2.24) is 4.90 Å². The number of carbonyl (C=O) groups excluding carboxylic acids is 1. The van der Waals surface area contributed by atoms with Gasteiger partial charge in [0.05, 0.1) is 9.21 Å². The van der Waals surface area contributed by atoms with Crippen LogP contribution in [0.25, 0.3) is 0 Å². The van der Waals surface area contributed by atoms with E-state index in [9.17, 15) is 4.79 Å². The first-order chi connectivity index (χ1) is 10.1. The number of carbonyl (C=O) groups is 1. The molecule has 1 aliphatic rings. The van der Waals surface area contributed by atoms with Gasteiger partial charge in [0, 0.05) is 36.9 Å². The fourth-order valence-corrected chi connectivity index (χ4v) is 3.62. The number of piperazine rings is 1. The average molecular weight is 341 g/mol. The van der Waals surface area contributed by atoms with Crippen LogP contribution in [-0.2, 0) is 0 Å². The molecule has 110 valence electrons. The molecule has 0 saturated carbocycles. The summed E-state index contributed by atoms with van der Waals surface area (Å²) in [5.74, 6) is 0.0673. The van der Waals surface area contributed by atoms with Gasteiger partial charge in [-0.1, -0.05) is 29.3 Å². The van der Waals surface area contributed by atoms with Crippen LogP contribution >= 0.6 is 34.5 Å². The monoisotopic (exact) mass is 340 g/mol. The van der Waals surface area contributed by atoms with Crippen LogP contribution < -0.4 is 4.90 Å². The van der Waals surface area contributed by atoms with Gasteiger partial charge in [-0.05, 0) is 30.3 Å². The van der Waals surface area contributed by atoms with Gasteiger partial charge in [0.25, 0.3) is 5.91 Å². The second kappa shape index (κ2) is 6.26. The molecule has 3 nitrogen and oxygen atoms in total. The van der Waals surface area contributed by atoms with E-state index in [1.807, 2.05) is 29.2 Å². The Kier molecular flexibility index (Phi) is 4.38. The molecule has 2 aromatic rings. The molecule has 21 heavy (non-hydrogen) atoms. The van der Waals surface area contributed by atoms with Crippen LogP contribution in [0.2, 0.25) is 9.36 Å². The summed E-state index contributed by atoms with van der Waals surface area (Å²) in [6, 6.07) is 11.4. The molecule has 0 bridgehead atoms. The predicted molar refractivity (Wildman–Crippen MR) is 88.9 cm³/mol. The van der Waals surface area contributed by atoms with Crippen molar-refractivity contribution < 1.29 is 4.79 Å². The molecule has 1 aromatic carbocycles. The van der Waals surface area contributed by atoms with E-state index < -0.39 is 0 Å². The van der Waals surface area contributed by atoms with Crippen molar-refractivity contribution in [2.45, 2.75) is 0 Å². The minimum absolute atomic E-state index is 0.0673. The van der Waals surface area contributed by atoms with Crippen molar-refractivity contribution in [2.24, 2.45) is 0 Å². The minimum Gasteiger partial charge on any atom is -0.368 e. The highest BCUT2D eigenvalue weighted by atomic mass is 35.5. The maximum absolute atomic E-state index is 12.3. The van der Waals surface area contributed by atoms with Crippen LogP contribution in [-0.4, -0.2) is 37.0 Å². The average Bonchev–Trinajstić information content (AvgIpc) is 2.93. The molecule has 0 spiro atoms. The zero-order valence-corrected chi connectivity index (χ0v) is 13.6. The Hall–Kier alpha value is -1.23. The highest BCUT2D eigenvalue weighted by Gasteiger charge is 2.23. The molecule has 1 amide bonds. The van der Waals surface area contributed by atoms with Gasteiger partial charge in [0.2, 0.25) is 0 Å². The largest absolute Gasteiger partial charge is 0.368 e. The normalized spacial score (nSPS) is 15.3. The fourth-order valence-electron chi connectivity index (χ4n) is 2.43. The highest BCUT2D eigenvalue weighted by Crippen LogP contribution is 2.24. The first kappa shape index (κ1) is 14.7. The van der Waals surface area contributed by atoms with Gasteiger partial charge < -0.3 is 9.80 Å². The number of benzene rings is 1. The van der Waals surface area contributed by atoms with Crippen molar-refractivity contribution >= 4 is 46.1 Å². The Morgan fingerprint density at radius 3 is 2.43 bits per heavy atom. The van der Waals surface area contributed by atoms with E-state index in [4.69, 9.17) is 23.2 Å². The molecule has 3 rings (SSSR count). The number of hydrogen-bond acceptors (Lipinski definition) is 3. The molecule has 0 atom stereocenters. The van der Waals surface area contributed by atoms with Crippen LogP contribution in [0.3, 0.4) is 0 Å². The van der Waals surface area contributed by atoms with Crippen molar-refractivity contribution in [1.29, 1.82) is 0 Å². The summed E-state index contributed by atoms with van der Waals surface area (Å²) in [6.07, 6.45) is 0. The van der Waals surface area contributed by atoms with Crippen LogP contribution in [0, 0.1) is 0 Å². The summed E-state index contributed by atoms with van der Waals surface area (Å²) in [7, 11) is 0. The number of halogens is 2. The van der Waals surface area contributed by atoms with E-state index >= 15 is 0 Å². The highest BCUT2D eigenvalue weighted by molar-refractivity contribution is 7.17. The van der Waals surface area contributed by atoms with Gasteiger partial charge in [-0.2, -0.15) is 0 Å². The number of amides is 1. The molecule has 0 radical (unpaired) electrons. The maximum atomic E-state index is 12.3. The Morgan fingerprint density at radius 2 is 1.81 bits per heavy atom. The Labute approximate surface area is 137 Å². The second-order valence-corrected chi connectivity index (χ2v) is 7.01. The first-order valence-electron chi connectivity index (χ1n) is 6.68. The third-order valence-electron chi connectivity index (χ3n) is 3.52.